The number of nitrogens with one attached hydrogen (secondary N) is 1. The second-order valence-electron chi connectivity index (χ2n) is 4.05. The summed E-state index contributed by atoms with van der Waals surface area (Å²) in [5.74, 6) is 0. The number of anilines is 2. The molecule has 0 amide bonds. The van der Waals surface area contributed by atoms with E-state index in [-0.39, 0.29) is 0 Å². The molecule has 3 N–H and O–H groups in total. The van der Waals surface area contributed by atoms with Crippen LogP contribution in [0.15, 0.2) is 18.2 Å². The Morgan fingerprint density at radius 1 is 1.29 bits per heavy atom. The number of benzene rings is 1. The molecule has 1 rings (SSSR count). The SMILES string of the molecule is CCN(CC)CCCNc1ccc(N)cc1Cl. The first-order chi connectivity index (χ1) is 8.17. The fraction of sp³-hybridized carbons (Fsp3) is 0.538. The predicted octanol–water partition coefficient (Wildman–Crippen LogP) is 3.07. The van der Waals surface area contributed by atoms with E-state index in [1.165, 1.54) is 0 Å². The van der Waals surface area contributed by atoms with Crippen molar-refractivity contribution in [3.63, 3.8) is 0 Å². The third-order valence-corrected chi connectivity index (χ3v) is 3.17. The molecule has 17 heavy (non-hydrogen) atoms. The van der Waals surface area contributed by atoms with E-state index in [9.17, 15) is 0 Å². The summed E-state index contributed by atoms with van der Waals surface area (Å²) in [4.78, 5) is 2.41. The number of hydrogen-bond donors (Lipinski definition) is 2. The van der Waals surface area contributed by atoms with Crippen molar-refractivity contribution >= 4 is 23.0 Å². The van der Waals surface area contributed by atoms with Gasteiger partial charge in [-0.2, -0.15) is 0 Å². The van der Waals surface area contributed by atoms with Crippen LogP contribution in [0.5, 0.6) is 0 Å². The fourth-order valence-electron chi connectivity index (χ4n) is 1.74. The van der Waals surface area contributed by atoms with Crippen LogP contribution < -0.4 is 11.1 Å². The van der Waals surface area contributed by atoms with Crippen LogP contribution in [0.25, 0.3) is 0 Å². The maximum absolute atomic E-state index is 6.07. The molecule has 0 bridgehead atoms. The zero-order valence-corrected chi connectivity index (χ0v) is 11.4. The summed E-state index contributed by atoms with van der Waals surface area (Å²) < 4.78 is 0. The van der Waals surface area contributed by atoms with Crippen LogP contribution in [-0.2, 0) is 0 Å². The van der Waals surface area contributed by atoms with Gasteiger partial charge in [0.2, 0.25) is 0 Å². The van der Waals surface area contributed by atoms with Crippen LogP contribution >= 0.6 is 11.6 Å². The van der Waals surface area contributed by atoms with Crippen molar-refractivity contribution in [2.75, 3.05) is 37.2 Å². The first-order valence-corrected chi connectivity index (χ1v) is 6.56. The zero-order valence-electron chi connectivity index (χ0n) is 10.7. The Bertz CT molecular complexity index is 337. The van der Waals surface area contributed by atoms with Gasteiger partial charge in [0.25, 0.3) is 0 Å². The molecule has 0 aliphatic heterocycles. The van der Waals surface area contributed by atoms with Gasteiger partial charge in [-0.15, -0.1) is 0 Å². The van der Waals surface area contributed by atoms with Gasteiger partial charge in [-0.3, -0.25) is 0 Å². The summed E-state index contributed by atoms with van der Waals surface area (Å²) in [6.45, 7) is 8.65. The molecular weight excluding hydrogens is 234 g/mol. The largest absolute Gasteiger partial charge is 0.399 e. The van der Waals surface area contributed by atoms with Gasteiger partial charge >= 0.3 is 0 Å². The first-order valence-electron chi connectivity index (χ1n) is 6.18. The molecule has 0 aromatic heterocycles. The third-order valence-electron chi connectivity index (χ3n) is 2.85. The van der Waals surface area contributed by atoms with Gasteiger partial charge in [-0.25, -0.2) is 0 Å². The van der Waals surface area contributed by atoms with Gasteiger partial charge in [-0.05, 0) is 44.3 Å². The zero-order chi connectivity index (χ0) is 12.7. The van der Waals surface area contributed by atoms with Crippen LogP contribution in [0.1, 0.15) is 20.3 Å². The van der Waals surface area contributed by atoms with Crippen LogP contribution in [0.3, 0.4) is 0 Å². The molecule has 0 atom stereocenters. The van der Waals surface area contributed by atoms with Gasteiger partial charge in [0, 0.05) is 12.2 Å². The molecule has 0 aliphatic rings. The highest BCUT2D eigenvalue weighted by Gasteiger charge is 2.01. The molecule has 4 heteroatoms. The Kier molecular flexibility index (Phi) is 6.16. The summed E-state index contributed by atoms with van der Waals surface area (Å²) in [5.41, 5.74) is 7.30. The van der Waals surface area contributed by atoms with Crippen molar-refractivity contribution in [1.82, 2.24) is 4.90 Å². The minimum atomic E-state index is 0.688. The highest BCUT2D eigenvalue weighted by Crippen LogP contribution is 2.23. The van der Waals surface area contributed by atoms with Crippen molar-refractivity contribution < 1.29 is 0 Å². The van der Waals surface area contributed by atoms with Crippen molar-refractivity contribution in [2.45, 2.75) is 20.3 Å². The van der Waals surface area contributed by atoms with Crippen LogP contribution in [0, 0.1) is 0 Å². The monoisotopic (exact) mass is 255 g/mol. The summed E-state index contributed by atoms with van der Waals surface area (Å²) in [5, 5.41) is 4.02. The topological polar surface area (TPSA) is 41.3 Å². The highest BCUT2D eigenvalue weighted by molar-refractivity contribution is 6.33. The van der Waals surface area contributed by atoms with Gasteiger partial charge in [0.1, 0.15) is 0 Å². The van der Waals surface area contributed by atoms with E-state index in [1.807, 2.05) is 12.1 Å². The molecule has 3 nitrogen and oxygen atoms in total. The summed E-state index contributed by atoms with van der Waals surface area (Å²) in [7, 11) is 0. The van der Waals surface area contributed by atoms with E-state index in [1.54, 1.807) is 6.07 Å². The van der Waals surface area contributed by atoms with Crippen LogP contribution in [0.4, 0.5) is 11.4 Å². The van der Waals surface area contributed by atoms with E-state index in [2.05, 4.69) is 24.1 Å². The van der Waals surface area contributed by atoms with Crippen molar-refractivity contribution in [1.29, 1.82) is 0 Å². The second kappa shape index (κ2) is 7.41. The van der Waals surface area contributed by atoms with E-state index in [0.29, 0.717) is 10.7 Å². The Hall–Kier alpha value is -0.930. The number of hydrogen-bond acceptors (Lipinski definition) is 3. The smallest absolute Gasteiger partial charge is 0.0657 e. The Labute approximate surface area is 109 Å². The lowest BCUT2D eigenvalue weighted by atomic mass is 10.2. The average molecular weight is 256 g/mol. The van der Waals surface area contributed by atoms with Crippen LogP contribution in [-0.4, -0.2) is 31.1 Å². The standard InChI is InChI=1S/C13H22ClN3/c1-3-17(4-2)9-5-8-16-13-7-6-11(15)10-12(13)14/h6-7,10,16H,3-5,8-9,15H2,1-2H3. The molecule has 0 aliphatic carbocycles. The third kappa shape index (κ3) is 4.84. The molecule has 1 aromatic rings. The molecule has 0 heterocycles. The molecular formula is C13H22ClN3. The Morgan fingerprint density at radius 2 is 2.00 bits per heavy atom. The molecule has 0 spiro atoms. The maximum atomic E-state index is 6.07. The lowest BCUT2D eigenvalue weighted by Gasteiger charge is -2.18. The summed E-state index contributed by atoms with van der Waals surface area (Å²) in [6.07, 6.45) is 1.11. The molecule has 0 unspecified atom stereocenters. The first kappa shape index (κ1) is 14.1. The number of nitrogens with zero attached hydrogens (tertiary/aromatic N) is 1. The van der Waals surface area contributed by atoms with E-state index in [0.717, 1.165) is 38.3 Å². The van der Waals surface area contributed by atoms with Crippen molar-refractivity contribution in [3.8, 4) is 0 Å². The van der Waals surface area contributed by atoms with E-state index < -0.39 is 0 Å². The normalized spacial score (nSPS) is 10.8. The number of nitrogens with two attached hydrogens (primary N) is 1. The van der Waals surface area contributed by atoms with Crippen molar-refractivity contribution in [3.05, 3.63) is 23.2 Å². The quantitative estimate of drug-likeness (QED) is 0.581. The minimum Gasteiger partial charge on any atom is -0.399 e. The predicted molar refractivity (Wildman–Crippen MR) is 76.8 cm³/mol. The van der Waals surface area contributed by atoms with Crippen molar-refractivity contribution in [2.24, 2.45) is 0 Å². The summed E-state index contributed by atoms with van der Waals surface area (Å²) in [6, 6.07) is 5.56. The van der Waals surface area contributed by atoms with E-state index in [4.69, 9.17) is 17.3 Å². The minimum absolute atomic E-state index is 0.688. The highest BCUT2D eigenvalue weighted by atomic mass is 35.5. The number of rotatable bonds is 7. The summed E-state index contributed by atoms with van der Waals surface area (Å²) >= 11 is 6.07. The lowest BCUT2D eigenvalue weighted by molar-refractivity contribution is 0.303. The van der Waals surface area contributed by atoms with Gasteiger partial charge in [-0.1, -0.05) is 25.4 Å². The Balaban J connectivity index is 2.31. The van der Waals surface area contributed by atoms with Gasteiger partial charge < -0.3 is 16.0 Å². The molecule has 0 fully saturated rings. The average Bonchev–Trinajstić information content (AvgIpc) is 2.32. The molecule has 1 aromatic carbocycles. The Morgan fingerprint density at radius 3 is 2.59 bits per heavy atom. The van der Waals surface area contributed by atoms with Gasteiger partial charge in [0.05, 0.1) is 10.7 Å². The fourth-order valence-corrected chi connectivity index (χ4v) is 2.00. The molecule has 96 valence electrons. The number of nitrogen functional groups attached to an aromatic ring is 1. The molecule has 0 radical (unpaired) electrons. The van der Waals surface area contributed by atoms with Gasteiger partial charge in [0.15, 0.2) is 0 Å². The van der Waals surface area contributed by atoms with E-state index >= 15 is 0 Å². The molecule has 0 saturated carbocycles. The number of halogens is 1. The molecule has 0 saturated heterocycles. The second-order valence-corrected chi connectivity index (χ2v) is 4.45. The maximum Gasteiger partial charge on any atom is 0.0657 e. The van der Waals surface area contributed by atoms with Crippen LogP contribution in [0.2, 0.25) is 5.02 Å². The lowest BCUT2D eigenvalue weighted by Crippen LogP contribution is -2.25.